The van der Waals surface area contributed by atoms with Crippen molar-refractivity contribution in [3.05, 3.63) is 12.3 Å². The number of hydrogen-bond donors (Lipinski definition) is 0. The Labute approximate surface area is 51.1 Å². The molecule has 2 heterocycles. The van der Waals surface area contributed by atoms with Gasteiger partial charge in [-0.3, -0.25) is 0 Å². The van der Waals surface area contributed by atoms with Crippen LogP contribution in [0, 0.1) is 0 Å². The van der Waals surface area contributed by atoms with Crippen LogP contribution >= 0.6 is 0 Å². The summed E-state index contributed by atoms with van der Waals surface area (Å²) in [6, 6.07) is 1.83. The van der Waals surface area contributed by atoms with Crippen LogP contribution in [0.1, 0.15) is 0 Å². The monoisotopic (exact) mass is 123 g/mol. The van der Waals surface area contributed by atoms with Crippen molar-refractivity contribution >= 4 is 11.2 Å². The van der Waals surface area contributed by atoms with Gasteiger partial charge in [-0.1, -0.05) is 10.3 Å². The second-order valence-electron chi connectivity index (χ2n) is 1.82. The fourth-order valence-corrected chi connectivity index (χ4v) is 0.772. The van der Waals surface area contributed by atoms with Crippen LogP contribution in [0.4, 0.5) is 0 Å². The smallest absolute Gasteiger partial charge is 0.265 e. The first kappa shape index (κ1) is 4.55. The maximum atomic E-state index is 4.94. The number of aromatic nitrogens is 3. The van der Waals surface area contributed by atoms with Crippen LogP contribution in [0.5, 0.6) is 0 Å². The minimum atomic E-state index is 0.595. The molecule has 0 saturated heterocycles. The molecule has 4 heteroatoms. The third-order valence-electron chi connectivity index (χ3n) is 1.24. The molecule has 2 aromatic heterocycles. The molecular formula is C5H5N3O. The zero-order valence-electron chi connectivity index (χ0n) is 4.90. The Morgan fingerprint density at radius 2 is 2.56 bits per heavy atom. The second kappa shape index (κ2) is 1.34. The zero-order valence-corrected chi connectivity index (χ0v) is 4.90. The Balaban J connectivity index is 2.99. The van der Waals surface area contributed by atoms with Crippen LogP contribution in [0.3, 0.4) is 0 Å². The fourth-order valence-electron chi connectivity index (χ4n) is 0.772. The lowest BCUT2D eigenvalue weighted by atomic mass is 10.6. The van der Waals surface area contributed by atoms with Crippen molar-refractivity contribution in [3.63, 3.8) is 0 Å². The van der Waals surface area contributed by atoms with Gasteiger partial charge in [0.25, 0.3) is 5.71 Å². The van der Waals surface area contributed by atoms with Gasteiger partial charge in [0.05, 0.1) is 6.26 Å². The molecule has 0 N–H and O–H groups in total. The molecule has 0 atom stereocenters. The van der Waals surface area contributed by atoms with Gasteiger partial charge in [-0.05, 0) is 0 Å². The van der Waals surface area contributed by atoms with Gasteiger partial charge < -0.3 is 4.42 Å². The van der Waals surface area contributed by atoms with Crippen LogP contribution in [-0.4, -0.2) is 15.0 Å². The Bertz CT molecular complexity index is 321. The minimum Gasteiger partial charge on any atom is -0.444 e. The number of fused-ring (bicyclic) bond motifs is 1. The van der Waals surface area contributed by atoms with E-state index in [2.05, 4.69) is 10.3 Å². The minimum absolute atomic E-state index is 0.595. The molecule has 4 nitrogen and oxygen atoms in total. The summed E-state index contributed by atoms with van der Waals surface area (Å²) in [5, 5.41) is 7.45. The van der Waals surface area contributed by atoms with E-state index in [1.54, 1.807) is 10.9 Å². The van der Waals surface area contributed by atoms with Gasteiger partial charge in [0.1, 0.15) is 5.52 Å². The van der Waals surface area contributed by atoms with Crippen molar-refractivity contribution in [3.8, 4) is 0 Å². The Hall–Kier alpha value is -1.32. The summed E-state index contributed by atoms with van der Waals surface area (Å²) in [6.07, 6.45) is 1.60. The first-order valence-electron chi connectivity index (χ1n) is 2.61. The highest BCUT2D eigenvalue weighted by atomic mass is 16.3. The molecule has 0 aliphatic rings. The highest BCUT2D eigenvalue weighted by Crippen LogP contribution is 2.08. The van der Waals surface area contributed by atoms with E-state index in [9.17, 15) is 0 Å². The molecule has 0 unspecified atom stereocenters. The SMILES string of the molecule is Cn1nnc2occc21. The molecule has 0 bridgehead atoms. The molecular weight excluding hydrogens is 118 g/mol. The van der Waals surface area contributed by atoms with Crippen molar-refractivity contribution in [1.82, 2.24) is 15.0 Å². The number of rotatable bonds is 0. The second-order valence-corrected chi connectivity index (χ2v) is 1.82. The quantitative estimate of drug-likeness (QED) is 0.514. The number of furan rings is 1. The van der Waals surface area contributed by atoms with Crippen molar-refractivity contribution in [2.75, 3.05) is 0 Å². The number of hydrogen-bond acceptors (Lipinski definition) is 3. The third kappa shape index (κ3) is 0.468. The van der Waals surface area contributed by atoms with E-state index in [4.69, 9.17) is 4.42 Å². The van der Waals surface area contributed by atoms with Gasteiger partial charge in [-0.2, -0.15) is 0 Å². The van der Waals surface area contributed by atoms with Crippen LogP contribution in [0.15, 0.2) is 16.7 Å². The van der Waals surface area contributed by atoms with Gasteiger partial charge in [-0.15, -0.1) is 0 Å². The predicted octanol–water partition coefficient (Wildman–Crippen LogP) is 0.561. The number of aryl methyl sites for hydroxylation is 1. The Morgan fingerprint density at radius 3 is 3.33 bits per heavy atom. The summed E-state index contributed by atoms with van der Waals surface area (Å²) in [7, 11) is 1.82. The lowest BCUT2D eigenvalue weighted by Gasteiger charge is -1.79. The Morgan fingerprint density at radius 1 is 1.67 bits per heavy atom. The van der Waals surface area contributed by atoms with Gasteiger partial charge in [0, 0.05) is 13.1 Å². The lowest BCUT2D eigenvalue weighted by molar-refractivity contribution is 0.595. The van der Waals surface area contributed by atoms with E-state index in [0.717, 1.165) is 5.52 Å². The van der Waals surface area contributed by atoms with E-state index < -0.39 is 0 Å². The van der Waals surface area contributed by atoms with E-state index in [1.807, 2.05) is 13.1 Å². The first-order valence-corrected chi connectivity index (χ1v) is 2.61. The summed E-state index contributed by atoms with van der Waals surface area (Å²) < 4.78 is 6.61. The largest absolute Gasteiger partial charge is 0.444 e. The van der Waals surface area contributed by atoms with E-state index in [1.165, 1.54) is 0 Å². The van der Waals surface area contributed by atoms with E-state index in [-0.39, 0.29) is 0 Å². The van der Waals surface area contributed by atoms with Gasteiger partial charge >= 0.3 is 0 Å². The van der Waals surface area contributed by atoms with Crippen LogP contribution in [0.25, 0.3) is 11.2 Å². The molecule has 0 saturated carbocycles. The third-order valence-corrected chi connectivity index (χ3v) is 1.24. The van der Waals surface area contributed by atoms with Crippen molar-refractivity contribution in [1.29, 1.82) is 0 Å². The molecule has 2 rings (SSSR count). The first-order chi connectivity index (χ1) is 4.38. The van der Waals surface area contributed by atoms with E-state index in [0.29, 0.717) is 5.71 Å². The molecule has 0 spiro atoms. The number of nitrogens with zero attached hydrogens (tertiary/aromatic N) is 3. The molecule has 0 aromatic carbocycles. The maximum Gasteiger partial charge on any atom is 0.265 e. The van der Waals surface area contributed by atoms with Crippen molar-refractivity contribution in [2.24, 2.45) is 7.05 Å². The summed E-state index contributed by atoms with van der Waals surface area (Å²) in [4.78, 5) is 0. The average molecular weight is 123 g/mol. The standard InChI is InChI=1S/C5H5N3O/c1-8-4-2-3-9-5(4)6-7-8/h2-3H,1H3. The molecule has 0 fully saturated rings. The molecule has 0 aliphatic carbocycles. The molecule has 46 valence electrons. The van der Waals surface area contributed by atoms with Crippen LogP contribution < -0.4 is 0 Å². The fraction of sp³-hybridized carbons (Fsp3) is 0.200. The summed E-state index contributed by atoms with van der Waals surface area (Å²) in [5.41, 5.74) is 1.52. The zero-order chi connectivity index (χ0) is 6.27. The summed E-state index contributed by atoms with van der Waals surface area (Å²) in [6.45, 7) is 0. The molecule has 2 aromatic rings. The normalized spacial score (nSPS) is 10.8. The average Bonchev–Trinajstić information content (AvgIpc) is 2.35. The molecule has 9 heavy (non-hydrogen) atoms. The predicted molar refractivity (Wildman–Crippen MR) is 30.8 cm³/mol. The van der Waals surface area contributed by atoms with Gasteiger partial charge in [0.15, 0.2) is 0 Å². The summed E-state index contributed by atoms with van der Waals surface area (Å²) >= 11 is 0. The van der Waals surface area contributed by atoms with Crippen LogP contribution in [0.2, 0.25) is 0 Å². The highest BCUT2D eigenvalue weighted by Gasteiger charge is 2.00. The van der Waals surface area contributed by atoms with E-state index >= 15 is 0 Å². The lowest BCUT2D eigenvalue weighted by Crippen LogP contribution is -1.87. The highest BCUT2D eigenvalue weighted by molar-refractivity contribution is 5.67. The van der Waals surface area contributed by atoms with Gasteiger partial charge in [0.2, 0.25) is 0 Å². The molecule has 0 aliphatic heterocycles. The maximum absolute atomic E-state index is 4.94. The van der Waals surface area contributed by atoms with Gasteiger partial charge in [-0.25, -0.2) is 4.68 Å². The molecule has 0 amide bonds. The molecule has 0 radical (unpaired) electrons. The topological polar surface area (TPSA) is 43.9 Å². The van der Waals surface area contributed by atoms with Crippen LogP contribution in [-0.2, 0) is 7.05 Å². The van der Waals surface area contributed by atoms with Crippen molar-refractivity contribution in [2.45, 2.75) is 0 Å². The van der Waals surface area contributed by atoms with Crippen molar-refractivity contribution < 1.29 is 4.42 Å². The summed E-state index contributed by atoms with van der Waals surface area (Å²) in [5.74, 6) is 0. The Kier molecular flexibility index (Phi) is 0.677.